The van der Waals surface area contributed by atoms with Crippen molar-refractivity contribution in [3.8, 4) is 0 Å². The third-order valence-electron chi connectivity index (χ3n) is 3.97. The number of carbonyl (C=O) groups is 1. The van der Waals surface area contributed by atoms with Gasteiger partial charge in [0.25, 0.3) is 0 Å². The first-order chi connectivity index (χ1) is 8.18. The Labute approximate surface area is 104 Å². The molecule has 0 aliphatic carbocycles. The number of nitrogens with one attached hydrogen (secondary N) is 1. The molecule has 3 atom stereocenters. The average Bonchev–Trinajstić information content (AvgIpc) is 2.76. The molecule has 2 aliphatic heterocycles. The molecule has 0 bridgehead atoms. The van der Waals surface area contributed by atoms with Crippen LogP contribution in [0.1, 0.15) is 32.6 Å². The first-order valence-corrected chi connectivity index (χ1v) is 6.78. The van der Waals surface area contributed by atoms with Crippen LogP contribution in [0.5, 0.6) is 0 Å². The van der Waals surface area contributed by atoms with E-state index >= 15 is 0 Å². The van der Waals surface area contributed by atoms with E-state index in [9.17, 15) is 4.79 Å². The fourth-order valence-corrected chi connectivity index (χ4v) is 2.83. The molecule has 3 unspecified atom stereocenters. The summed E-state index contributed by atoms with van der Waals surface area (Å²) < 4.78 is 5.68. The van der Waals surface area contributed by atoms with Crippen LogP contribution in [-0.2, 0) is 9.53 Å². The van der Waals surface area contributed by atoms with Crippen LogP contribution in [0.25, 0.3) is 0 Å². The molecule has 4 nitrogen and oxygen atoms in total. The molecule has 2 rings (SSSR count). The van der Waals surface area contributed by atoms with Crippen LogP contribution >= 0.6 is 0 Å². The van der Waals surface area contributed by atoms with Crippen LogP contribution in [0.2, 0.25) is 0 Å². The maximum Gasteiger partial charge on any atom is 0.227 e. The van der Waals surface area contributed by atoms with Crippen LogP contribution in [0.4, 0.5) is 0 Å². The number of ether oxygens (including phenoxy) is 1. The van der Waals surface area contributed by atoms with Gasteiger partial charge in [0.15, 0.2) is 0 Å². The number of likely N-dealkylation sites (N-methyl/N-ethyl adjacent to an activating group) is 1. The summed E-state index contributed by atoms with van der Waals surface area (Å²) in [6, 6.07) is 0.317. The van der Waals surface area contributed by atoms with Crippen molar-refractivity contribution in [1.29, 1.82) is 0 Å². The average molecular weight is 240 g/mol. The second-order valence-corrected chi connectivity index (χ2v) is 5.35. The third-order valence-corrected chi connectivity index (χ3v) is 3.97. The van der Waals surface area contributed by atoms with Gasteiger partial charge in [-0.15, -0.1) is 0 Å². The lowest BCUT2D eigenvalue weighted by Gasteiger charge is -2.29. The summed E-state index contributed by atoms with van der Waals surface area (Å²) in [5.41, 5.74) is 0. The molecule has 2 aliphatic rings. The molecule has 0 saturated carbocycles. The van der Waals surface area contributed by atoms with E-state index in [-0.39, 0.29) is 17.9 Å². The molecular formula is C13H24N2O2. The second kappa shape index (κ2) is 5.83. The Kier molecular flexibility index (Phi) is 4.40. The molecule has 1 amide bonds. The van der Waals surface area contributed by atoms with E-state index in [1.54, 1.807) is 0 Å². The van der Waals surface area contributed by atoms with Crippen LogP contribution in [0.15, 0.2) is 0 Å². The number of amides is 1. The maximum absolute atomic E-state index is 12.3. The van der Waals surface area contributed by atoms with Gasteiger partial charge in [0.1, 0.15) is 0 Å². The van der Waals surface area contributed by atoms with Crippen molar-refractivity contribution in [3.05, 3.63) is 0 Å². The SMILES string of the molecule is CC1NCCC1C(=O)N(C)CC1CCCCO1. The van der Waals surface area contributed by atoms with E-state index in [1.165, 1.54) is 6.42 Å². The van der Waals surface area contributed by atoms with Gasteiger partial charge in [0.2, 0.25) is 5.91 Å². The number of rotatable bonds is 3. The van der Waals surface area contributed by atoms with Gasteiger partial charge in [-0.3, -0.25) is 4.79 Å². The van der Waals surface area contributed by atoms with Gasteiger partial charge in [-0.2, -0.15) is 0 Å². The largest absolute Gasteiger partial charge is 0.376 e. The molecule has 2 heterocycles. The van der Waals surface area contributed by atoms with Crippen molar-refractivity contribution >= 4 is 5.91 Å². The molecule has 0 aromatic carbocycles. The molecule has 0 aromatic rings. The zero-order valence-corrected chi connectivity index (χ0v) is 10.9. The lowest BCUT2D eigenvalue weighted by molar-refractivity contribution is -0.136. The molecule has 1 N–H and O–H groups in total. The van der Waals surface area contributed by atoms with E-state index in [1.807, 2.05) is 11.9 Å². The Bertz CT molecular complexity index is 264. The van der Waals surface area contributed by atoms with Crippen LogP contribution < -0.4 is 5.32 Å². The van der Waals surface area contributed by atoms with E-state index in [0.29, 0.717) is 6.04 Å². The van der Waals surface area contributed by atoms with Gasteiger partial charge in [0, 0.05) is 26.2 Å². The molecule has 0 spiro atoms. The predicted molar refractivity (Wildman–Crippen MR) is 66.8 cm³/mol. The Morgan fingerprint density at radius 2 is 2.24 bits per heavy atom. The molecule has 4 heteroatoms. The van der Waals surface area contributed by atoms with Crippen molar-refractivity contribution in [2.24, 2.45) is 5.92 Å². The summed E-state index contributed by atoms with van der Waals surface area (Å²) in [5.74, 6) is 0.431. The first-order valence-electron chi connectivity index (χ1n) is 6.78. The topological polar surface area (TPSA) is 41.6 Å². The minimum Gasteiger partial charge on any atom is -0.376 e. The van der Waals surface area contributed by atoms with Crippen molar-refractivity contribution in [1.82, 2.24) is 10.2 Å². The van der Waals surface area contributed by atoms with Crippen molar-refractivity contribution in [3.63, 3.8) is 0 Å². The quantitative estimate of drug-likeness (QED) is 0.800. The van der Waals surface area contributed by atoms with Gasteiger partial charge in [-0.25, -0.2) is 0 Å². The number of nitrogens with zero attached hydrogens (tertiary/aromatic N) is 1. The number of hydrogen-bond donors (Lipinski definition) is 1. The molecule has 0 radical (unpaired) electrons. The second-order valence-electron chi connectivity index (χ2n) is 5.35. The van der Waals surface area contributed by atoms with Crippen LogP contribution in [-0.4, -0.2) is 49.7 Å². The molecule has 0 aromatic heterocycles. The maximum atomic E-state index is 12.3. The first kappa shape index (κ1) is 12.8. The summed E-state index contributed by atoms with van der Waals surface area (Å²) in [7, 11) is 1.91. The minimum absolute atomic E-state index is 0.156. The summed E-state index contributed by atoms with van der Waals surface area (Å²) in [6.45, 7) is 4.67. The van der Waals surface area contributed by atoms with Crippen molar-refractivity contribution in [2.75, 3.05) is 26.7 Å². The Morgan fingerprint density at radius 3 is 2.82 bits per heavy atom. The molecular weight excluding hydrogens is 216 g/mol. The number of hydrogen-bond acceptors (Lipinski definition) is 3. The molecule has 2 fully saturated rings. The summed E-state index contributed by atoms with van der Waals surface area (Å²) >= 11 is 0. The third kappa shape index (κ3) is 3.19. The molecule has 17 heavy (non-hydrogen) atoms. The summed E-state index contributed by atoms with van der Waals surface area (Å²) in [4.78, 5) is 14.1. The Balaban J connectivity index is 1.81. The van der Waals surface area contributed by atoms with E-state index in [0.717, 1.165) is 39.0 Å². The highest BCUT2D eigenvalue weighted by Gasteiger charge is 2.32. The van der Waals surface area contributed by atoms with E-state index in [2.05, 4.69) is 12.2 Å². The fraction of sp³-hybridized carbons (Fsp3) is 0.923. The number of carbonyl (C=O) groups excluding carboxylic acids is 1. The van der Waals surface area contributed by atoms with Gasteiger partial charge in [-0.05, 0) is 39.2 Å². The van der Waals surface area contributed by atoms with Crippen LogP contribution in [0, 0.1) is 5.92 Å². The van der Waals surface area contributed by atoms with E-state index in [4.69, 9.17) is 4.74 Å². The van der Waals surface area contributed by atoms with E-state index < -0.39 is 0 Å². The highest BCUT2D eigenvalue weighted by Crippen LogP contribution is 2.19. The fourth-order valence-electron chi connectivity index (χ4n) is 2.83. The highest BCUT2D eigenvalue weighted by atomic mass is 16.5. The standard InChI is InChI=1S/C13H24N2O2/c1-10-12(6-7-14-10)13(16)15(2)9-11-5-3-4-8-17-11/h10-12,14H,3-9H2,1-2H3. The Hall–Kier alpha value is -0.610. The highest BCUT2D eigenvalue weighted by molar-refractivity contribution is 5.79. The lowest BCUT2D eigenvalue weighted by Crippen LogP contribution is -2.42. The summed E-state index contributed by atoms with van der Waals surface area (Å²) in [5, 5.41) is 3.33. The van der Waals surface area contributed by atoms with Gasteiger partial charge in [0.05, 0.1) is 12.0 Å². The predicted octanol–water partition coefficient (Wildman–Crippen LogP) is 1.01. The minimum atomic E-state index is 0.156. The zero-order valence-electron chi connectivity index (χ0n) is 10.9. The zero-order chi connectivity index (χ0) is 12.3. The molecule has 2 saturated heterocycles. The van der Waals surface area contributed by atoms with Gasteiger partial charge < -0.3 is 15.0 Å². The monoisotopic (exact) mass is 240 g/mol. The smallest absolute Gasteiger partial charge is 0.227 e. The van der Waals surface area contributed by atoms with Gasteiger partial charge in [-0.1, -0.05) is 0 Å². The van der Waals surface area contributed by atoms with Gasteiger partial charge >= 0.3 is 0 Å². The van der Waals surface area contributed by atoms with Crippen molar-refractivity contribution < 1.29 is 9.53 Å². The van der Waals surface area contributed by atoms with Crippen LogP contribution in [0.3, 0.4) is 0 Å². The lowest BCUT2D eigenvalue weighted by atomic mass is 10.00. The summed E-state index contributed by atoms with van der Waals surface area (Å²) in [6.07, 6.45) is 4.71. The Morgan fingerprint density at radius 1 is 1.41 bits per heavy atom. The molecule has 98 valence electrons. The van der Waals surface area contributed by atoms with Crippen molar-refractivity contribution in [2.45, 2.75) is 44.8 Å². The normalized spacial score (nSPS) is 33.6.